The molecule has 0 atom stereocenters. The molecule has 0 bridgehead atoms. The van der Waals surface area contributed by atoms with Gasteiger partial charge < -0.3 is 18.9 Å². The third-order valence-corrected chi connectivity index (χ3v) is 18.0. The van der Waals surface area contributed by atoms with Gasteiger partial charge in [-0.2, -0.15) is 19.9 Å². The molecule has 6 aliphatic rings. The van der Waals surface area contributed by atoms with Crippen LogP contribution in [-0.2, 0) is 21.7 Å². The van der Waals surface area contributed by atoms with Gasteiger partial charge in [0.2, 0.25) is 11.8 Å². The van der Waals surface area contributed by atoms with Crippen LogP contribution in [0.5, 0.6) is 46.8 Å². The van der Waals surface area contributed by atoms with E-state index in [2.05, 4.69) is 138 Å². The summed E-state index contributed by atoms with van der Waals surface area (Å²) in [6, 6.07) is 55.6. The molecule has 0 N–H and O–H groups in total. The first-order chi connectivity index (χ1) is 37.6. The molecule has 0 unspecified atom stereocenters. The first kappa shape index (κ1) is 46.9. The number of fused-ring (bicyclic) bond motifs is 10. The second kappa shape index (κ2) is 16.6. The van der Waals surface area contributed by atoms with Crippen molar-refractivity contribution in [2.45, 2.75) is 103 Å². The summed E-state index contributed by atoms with van der Waals surface area (Å²) >= 11 is 0. The molecule has 15 rings (SSSR count). The summed E-state index contributed by atoms with van der Waals surface area (Å²) in [5.41, 5.74) is 15.3. The van der Waals surface area contributed by atoms with E-state index in [-0.39, 0.29) is 47.1 Å². The zero-order chi connectivity index (χ0) is 53.0. The lowest BCUT2D eigenvalue weighted by Gasteiger charge is -2.45. The lowest BCUT2D eigenvalue weighted by Crippen LogP contribution is -2.64. The molecule has 78 heavy (non-hydrogen) atoms. The summed E-state index contributed by atoms with van der Waals surface area (Å²) in [5.74, 6) is 5.07. The third kappa shape index (κ3) is 7.10. The Morgan fingerprint density at radius 2 is 0.782 bits per heavy atom. The number of anilines is 6. The Kier molecular flexibility index (Phi) is 9.96. The van der Waals surface area contributed by atoms with E-state index < -0.39 is 0 Å². The Morgan fingerprint density at radius 3 is 1.21 bits per heavy atom. The van der Waals surface area contributed by atoms with Crippen LogP contribution in [0.3, 0.4) is 0 Å². The van der Waals surface area contributed by atoms with E-state index in [1.165, 1.54) is 22.3 Å². The van der Waals surface area contributed by atoms with Crippen LogP contribution in [0.2, 0.25) is 0 Å². The van der Waals surface area contributed by atoms with Crippen LogP contribution in [0.1, 0.15) is 103 Å². The predicted octanol–water partition coefficient (Wildman–Crippen LogP) is 12.4. The fourth-order valence-electron chi connectivity index (χ4n) is 13.6. The average Bonchev–Trinajstić information content (AvgIpc) is 3.60. The molecule has 0 fully saturated rings. The number of ether oxygens (including phenoxy) is 4. The van der Waals surface area contributed by atoms with Gasteiger partial charge in [-0.3, -0.25) is 9.80 Å². The highest BCUT2D eigenvalue weighted by Crippen LogP contribution is 2.52. The molecule has 6 heterocycles. The van der Waals surface area contributed by atoms with Gasteiger partial charge in [0, 0.05) is 33.7 Å². The van der Waals surface area contributed by atoms with Crippen molar-refractivity contribution < 1.29 is 18.9 Å². The second-order valence-corrected chi connectivity index (χ2v) is 24.7. The molecule has 0 radical (unpaired) electrons. The maximum absolute atomic E-state index is 6.92. The van der Waals surface area contributed by atoms with Crippen molar-refractivity contribution >= 4 is 80.6 Å². The molecule has 7 aromatic carbocycles. The monoisotopic (exact) mass is 1020 g/mol. The van der Waals surface area contributed by atoms with E-state index in [9.17, 15) is 0 Å². The van der Waals surface area contributed by atoms with Gasteiger partial charge in [-0.25, -0.2) is 0 Å². The van der Waals surface area contributed by atoms with Crippen LogP contribution in [-0.4, -0.2) is 33.4 Å². The van der Waals surface area contributed by atoms with Crippen LogP contribution < -0.4 is 61.5 Å². The molecular formula is C66H58B2N6O4. The number of hydrogen-bond acceptors (Lipinski definition) is 10. The number of aromatic nitrogens is 4. The second-order valence-electron chi connectivity index (χ2n) is 24.7. The summed E-state index contributed by atoms with van der Waals surface area (Å²) in [6.45, 7) is 18.4. The summed E-state index contributed by atoms with van der Waals surface area (Å²) in [4.78, 5) is 25.9. The van der Waals surface area contributed by atoms with Crippen LogP contribution in [0.4, 0.5) is 34.4 Å². The highest BCUT2D eigenvalue weighted by atomic mass is 16.5. The van der Waals surface area contributed by atoms with E-state index in [4.69, 9.17) is 38.9 Å². The van der Waals surface area contributed by atoms with Gasteiger partial charge in [-0.05, 0) is 158 Å². The van der Waals surface area contributed by atoms with Crippen LogP contribution in [0.25, 0.3) is 0 Å². The lowest BCUT2D eigenvalue weighted by molar-refractivity contribution is 0.332. The summed E-state index contributed by atoms with van der Waals surface area (Å²) in [6.07, 6.45) is 4.36. The summed E-state index contributed by atoms with van der Waals surface area (Å²) in [5, 5.41) is 0. The summed E-state index contributed by atoms with van der Waals surface area (Å²) < 4.78 is 27.0. The van der Waals surface area contributed by atoms with Gasteiger partial charge >= 0.3 is 12.0 Å². The van der Waals surface area contributed by atoms with Gasteiger partial charge in [-0.15, -0.1) is 0 Å². The number of benzene rings is 7. The van der Waals surface area contributed by atoms with E-state index in [1.807, 2.05) is 84.9 Å². The van der Waals surface area contributed by atoms with Crippen molar-refractivity contribution in [3.05, 3.63) is 180 Å². The van der Waals surface area contributed by atoms with E-state index in [1.54, 1.807) is 0 Å². The molecule has 4 aliphatic heterocycles. The lowest BCUT2D eigenvalue weighted by atomic mass is 9.31. The van der Waals surface area contributed by atoms with Crippen LogP contribution in [0.15, 0.2) is 158 Å². The van der Waals surface area contributed by atoms with Crippen molar-refractivity contribution in [1.29, 1.82) is 0 Å². The van der Waals surface area contributed by atoms with Crippen molar-refractivity contribution in [3.8, 4) is 46.8 Å². The minimum Gasteiger partial charge on any atom is -0.440 e. The molecule has 9 aromatic rings. The van der Waals surface area contributed by atoms with Crippen molar-refractivity contribution in [3.63, 3.8) is 0 Å². The van der Waals surface area contributed by atoms with E-state index in [0.29, 0.717) is 34.9 Å². The van der Waals surface area contributed by atoms with Crippen molar-refractivity contribution in [2.24, 2.45) is 0 Å². The minimum atomic E-state index is -0.315. The molecule has 382 valence electrons. The smallest absolute Gasteiger partial charge is 0.327 e. The number of hydrogen-bond donors (Lipinski definition) is 0. The zero-order valence-electron chi connectivity index (χ0n) is 45.3. The van der Waals surface area contributed by atoms with Crippen LogP contribution >= 0.6 is 0 Å². The zero-order valence-corrected chi connectivity index (χ0v) is 45.3. The third-order valence-electron chi connectivity index (χ3n) is 18.0. The first-order valence-electron chi connectivity index (χ1n) is 27.5. The van der Waals surface area contributed by atoms with Crippen molar-refractivity contribution in [2.75, 3.05) is 9.80 Å². The Labute approximate surface area is 456 Å². The van der Waals surface area contributed by atoms with E-state index in [0.717, 1.165) is 92.7 Å². The van der Waals surface area contributed by atoms with Gasteiger partial charge in [0.25, 0.3) is 13.4 Å². The average molecular weight is 1020 g/mol. The Hall–Kier alpha value is -8.37. The predicted molar refractivity (Wildman–Crippen MR) is 313 cm³/mol. The molecule has 0 spiro atoms. The maximum Gasteiger partial charge on any atom is 0.327 e. The highest BCUT2D eigenvalue weighted by Gasteiger charge is 2.50. The topological polar surface area (TPSA) is 95.0 Å². The van der Waals surface area contributed by atoms with Gasteiger partial charge in [0.05, 0.1) is 0 Å². The summed E-state index contributed by atoms with van der Waals surface area (Å²) in [7, 11) is 0. The quantitative estimate of drug-likeness (QED) is 0.150. The molecule has 2 aromatic heterocycles. The fraction of sp³-hybridized carbons (Fsp3) is 0.242. The fourth-order valence-corrected chi connectivity index (χ4v) is 13.6. The van der Waals surface area contributed by atoms with Gasteiger partial charge in [-0.1, -0.05) is 146 Å². The van der Waals surface area contributed by atoms with Crippen LogP contribution in [0, 0.1) is 0 Å². The Balaban J connectivity index is 1.05. The number of rotatable bonds is 6. The normalized spacial score (nSPS) is 17.5. The van der Waals surface area contributed by atoms with Gasteiger partial charge in [0.15, 0.2) is 0 Å². The number of para-hydroxylation sites is 4. The number of nitrogens with zero attached hydrogens (tertiary/aromatic N) is 6. The molecule has 0 saturated carbocycles. The SMILES string of the molecule is CC1(C)CCC(C)(C)c2cc(N3c4cc5c(cc4B4c6ccccc6Oc6nc(Oc7ccccc7)nc3c64)B3c4ccccc4Oc4nc(Oc6ccccc6)nc(c43)N5c3ccc4c(c3)C(C)(C)CCC4(C)C)ccc21. The molecule has 10 nitrogen and oxygen atoms in total. The maximum atomic E-state index is 6.92. The molecule has 12 heteroatoms. The van der Waals surface area contributed by atoms with Gasteiger partial charge in [0.1, 0.15) is 34.6 Å². The van der Waals surface area contributed by atoms with E-state index >= 15 is 0 Å². The van der Waals surface area contributed by atoms with Crippen molar-refractivity contribution in [1.82, 2.24) is 19.9 Å². The molecule has 2 aliphatic carbocycles. The largest absolute Gasteiger partial charge is 0.440 e. The highest BCUT2D eigenvalue weighted by molar-refractivity contribution is 7.02. The Morgan fingerprint density at radius 1 is 0.397 bits per heavy atom. The minimum absolute atomic E-state index is 0.00597. The molecule has 0 amide bonds. The molecule has 0 saturated heterocycles. The Bertz CT molecular complexity index is 3740. The molecular weight excluding hydrogens is 962 g/mol. The standard InChI is InChI=1S/C66H58B2N6O4/c1-63(2)31-33-65(5,6)45-35-39(27-29-43(45)63)73-51-38-52-50(37-49(51)67-47-23-15-17-25-53(47)77-59-55(67)57(73)69-61(71-59)75-41-19-11-9-12-20-41)68-48-24-16-18-26-54(48)78-60-56(68)58(70-62(72-60)76-42-21-13-10-14-22-42)74(52)40-28-30-44-46(36-40)66(7,8)34-32-64(44,3)4/h9-30,35-38H,31-34H2,1-8H3. The first-order valence-corrected chi connectivity index (χ1v) is 27.5.